The molecule has 3 nitrogen and oxygen atoms in total. The second kappa shape index (κ2) is 4.74. The predicted molar refractivity (Wildman–Crippen MR) is 63.1 cm³/mol. The fraction of sp³-hybridized carbons (Fsp3) is 0.923. The van der Waals surface area contributed by atoms with Crippen molar-refractivity contribution < 1.29 is 9.90 Å². The summed E-state index contributed by atoms with van der Waals surface area (Å²) in [6, 6.07) is 0.232. The van der Waals surface area contributed by atoms with Crippen LogP contribution in [0.4, 0.5) is 0 Å². The molecule has 2 saturated carbocycles. The third-order valence-corrected chi connectivity index (χ3v) is 4.60. The Kier molecular flexibility index (Phi) is 3.53. The molecule has 2 aliphatic rings. The van der Waals surface area contributed by atoms with E-state index in [2.05, 4.69) is 0 Å². The molecule has 0 radical (unpaired) electrons. The minimum atomic E-state index is -0.577. The molecule has 16 heavy (non-hydrogen) atoms. The molecular formula is C13H23NO2. The van der Waals surface area contributed by atoms with Gasteiger partial charge < -0.3 is 10.8 Å². The molecule has 3 heteroatoms. The molecule has 0 amide bonds. The highest BCUT2D eigenvalue weighted by Crippen LogP contribution is 2.44. The Balaban J connectivity index is 2.00. The molecule has 3 N–H and O–H groups in total. The summed E-state index contributed by atoms with van der Waals surface area (Å²) in [4.78, 5) is 11.5. The Morgan fingerprint density at radius 3 is 2.25 bits per heavy atom. The Bertz CT molecular complexity index is 251. The van der Waals surface area contributed by atoms with Gasteiger partial charge in [-0.05, 0) is 38.0 Å². The average Bonchev–Trinajstić information content (AvgIpc) is 2.74. The van der Waals surface area contributed by atoms with Crippen LogP contribution in [0.3, 0.4) is 0 Å². The summed E-state index contributed by atoms with van der Waals surface area (Å²) in [6.45, 7) is 0. The first-order chi connectivity index (χ1) is 7.62. The molecule has 0 bridgehead atoms. The first-order valence-corrected chi connectivity index (χ1v) is 6.61. The summed E-state index contributed by atoms with van der Waals surface area (Å²) in [5.74, 6) is 0.0803. The van der Waals surface area contributed by atoms with Crippen LogP contribution in [0.15, 0.2) is 0 Å². The number of hydrogen-bond donors (Lipinski definition) is 2. The van der Waals surface area contributed by atoms with Crippen molar-refractivity contribution in [2.24, 2.45) is 17.1 Å². The lowest BCUT2D eigenvalue weighted by atomic mass is 9.67. The van der Waals surface area contributed by atoms with Gasteiger partial charge in [0.1, 0.15) is 0 Å². The molecule has 0 atom stereocenters. The number of carboxylic acids is 1. The van der Waals surface area contributed by atoms with E-state index in [-0.39, 0.29) is 6.04 Å². The second-order valence-corrected chi connectivity index (χ2v) is 5.78. The molecule has 2 aliphatic carbocycles. The van der Waals surface area contributed by atoms with Gasteiger partial charge in [-0.1, -0.05) is 25.7 Å². The predicted octanol–water partition coefficient (Wildman–Crippen LogP) is 2.54. The molecule has 0 unspecified atom stereocenters. The Morgan fingerprint density at radius 1 is 1.19 bits per heavy atom. The van der Waals surface area contributed by atoms with Crippen LogP contribution in [0, 0.1) is 11.3 Å². The lowest BCUT2D eigenvalue weighted by molar-refractivity contribution is -0.152. The molecule has 0 aromatic rings. The molecule has 2 rings (SSSR count). The van der Waals surface area contributed by atoms with Crippen LogP contribution in [0.25, 0.3) is 0 Å². The van der Waals surface area contributed by atoms with Crippen molar-refractivity contribution >= 4 is 5.97 Å². The highest BCUT2D eigenvalue weighted by Gasteiger charge is 2.43. The van der Waals surface area contributed by atoms with Gasteiger partial charge in [0.05, 0.1) is 5.41 Å². The Morgan fingerprint density at radius 2 is 1.75 bits per heavy atom. The van der Waals surface area contributed by atoms with E-state index in [4.69, 9.17) is 5.73 Å². The Hall–Kier alpha value is -0.570. The molecule has 92 valence electrons. The summed E-state index contributed by atoms with van der Waals surface area (Å²) in [5, 5.41) is 9.49. The van der Waals surface area contributed by atoms with Crippen LogP contribution in [0.5, 0.6) is 0 Å². The van der Waals surface area contributed by atoms with Crippen molar-refractivity contribution in [3.8, 4) is 0 Å². The molecule has 0 aliphatic heterocycles. The van der Waals surface area contributed by atoms with Crippen molar-refractivity contribution in [2.75, 3.05) is 0 Å². The van der Waals surface area contributed by atoms with Crippen molar-refractivity contribution in [1.82, 2.24) is 0 Å². The Labute approximate surface area is 97.4 Å². The molecule has 0 aromatic heterocycles. The quantitative estimate of drug-likeness (QED) is 0.775. The summed E-state index contributed by atoms with van der Waals surface area (Å²) in [7, 11) is 0. The molecule has 0 spiro atoms. The van der Waals surface area contributed by atoms with E-state index in [1.54, 1.807) is 0 Å². The van der Waals surface area contributed by atoms with Gasteiger partial charge in [0.2, 0.25) is 0 Å². The van der Waals surface area contributed by atoms with Crippen molar-refractivity contribution in [3.63, 3.8) is 0 Å². The molecule has 0 saturated heterocycles. The maximum absolute atomic E-state index is 11.5. The summed E-state index contributed by atoms with van der Waals surface area (Å²) in [5.41, 5.74) is 5.43. The fourth-order valence-electron chi connectivity index (χ4n) is 3.47. The van der Waals surface area contributed by atoms with Gasteiger partial charge >= 0.3 is 5.97 Å². The van der Waals surface area contributed by atoms with Crippen molar-refractivity contribution in [1.29, 1.82) is 0 Å². The standard InChI is InChI=1S/C13H23NO2/c14-11-5-7-13(8-6-11,12(15)16)9-10-3-1-2-4-10/h10-11H,1-9,14H2,(H,15,16). The average molecular weight is 225 g/mol. The van der Waals surface area contributed by atoms with E-state index < -0.39 is 11.4 Å². The number of nitrogens with two attached hydrogens (primary N) is 1. The number of hydrogen-bond acceptors (Lipinski definition) is 2. The second-order valence-electron chi connectivity index (χ2n) is 5.78. The molecule has 0 aromatic carbocycles. The van der Waals surface area contributed by atoms with E-state index in [0.29, 0.717) is 5.92 Å². The minimum Gasteiger partial charge on any atom is -0.481 e. The summed E-state index contributed by atoms with van der Waals surface area (Å²) in [6.07, 6.45) is 9.31. The highest BCUT2D eigenvalue weighted by atomic mass is 16.4. The van der Waals surface area contributed by atoms with Gasteiger partial charge in [-0.15, -0.1) is 0 Å². The maximum Gasteiger partial charge on any atom is 0.309 e. The SMILES string of the molecule is NC1CCC(CC2CCCC2)(C(=O)O)CC1. The summed E-state index contributed by atoms with van der Waals surface area (Å²) < 4.78 is 0. The normalized spacial score (nSPS) is 36.4. The first kappa shape index (κ1) is 11.9. The number of carbonyl (C=O) groups is 1. The molecule has 0 heterocycles. The molecular weight excluding hydrogens is 202 g/mol. The smallest absolute Gasteiger partial charge is 0.309 e. The van der Waals surface area contributed by atoms with Gasteiger partial charge in [0.15, 0.2) is 0 Å². The number of rotatable bonds is 3. The van der Waals surface area contributed by atoms with Crippen LogP contribution in [-0.4, -0.2) is 17.1 Å². The van der Waals surface area contributed by atoms with Crippen LogP contribution in [0.2, 0.25) is 0 Å². The minimum absolute atomic E-state index is 0.232. The topological polar surface area (TPSA) is 63.3 Å². The third-order valence-electron chi connectivity index (χ3n) is 4.60. The van der Waals surface area contributed by atoms with Crippen molar-refractivity contribution in [2.45, 2.75) is 63.8 Å². The van der Waals surface area contributed by atoms with Gasteiger partial charge in [-0.2, -0.15) is 0 Å². The van der Waals surface area contributed by atoms with E-state index in [0.717, 1.165) is 32.1 Å². The van der Waals surface area contributed by atoms with Gasteiger partial charge in [-0.3, -0.25) is 4.79 Å². The lowest BCUT2D eigenvalue weighted by Gasteiger charge is -2.37. The largest absolute Gasteiger partial charge is 0.481 e. The van der Waals surface area contributed by atoms with E-state index in [1.165, 1.54) is 25.7 Å². The zero-order valence-electron chi connectivity index (χ0n) is 9.95. The van der Waals surface area contributed by atoms with E-state index in [9.17, 15) is 9.90 Å². The van der Waals surface area contributed by atoms with Crippen LogP contribution in [-0.2, 0) is 4.79 Å². The van der Waals surface area contributed by atoms with E-state index in [1.807, 2.05) is 0 Å². The van der Waals surface area contributed by atoms with E-state index >= 15 is 0 Å². The monoisotopic (exact) mass is 225 g/mol. The molecule has 2 fully saturated rings. The summed E-state index contributed by atoms with van der Waals surface area (Å²) >= 11 is 0. The first-order valence-electron chi connectivity index (χ1n) is 6.61. The highest BCUT2D eigenvalue weighted by molar-refractivity contribution is 5.74. The van der Waals surface area contributed by atoms with Crippen LogP contribution >= 0.6 is 0 Å². The zero-order chi connectivity index (χ0) is 11.6. The van der Waals surface area contributed by atoms with Gasteiger partial charge in [0, 0.05) is 6.04 Å². The zero-order valence-corrected chi connectivity index (χ0v) is 9.95. The van der Waals surface area contributed by atoms with Crippen LogP contribution < -0.4 is 5.73 Å². The van der Waals surface area contributed by atoms with Gasteiger partial charge in [-0.25, -0.2) is 0 Å². The number of carboxylic acid groups (broad SMARTS) is 1. The maximum atomic E-state index is 11.5. The fourth-order valence-corrected chi connectivity index (χ4v) is 3.47. The third kappa shape index (κ3) is 2.40. The number of aliphatic carboxylic acids is 1. The lowest BCUT2D eigenvalue weighted by Crippen LogP contribution is -2.40. The van der Waals surface area contributed by atoms with Crippen molar-refractivity contribution in [3.05, 3.63) is 0 Å². The van der Waals surface area contributed by atoms with Gasteiger partial charge in [0.25, 0.3) is 0 Å². The van der Waals surface area contributed by atoms with Crippen LogP contribution in [0.1, 0.15) is 57.8 Å².